The molecular formula is C18H17N3O2. The summed E-state index contributed by atoms with van der Waals surface area (Å²) in [6.45, 7) is 3.94. The molecule has 0 aliphatic carbocycles. The lowest BCUT2D eigenvalue weighted by atomic mass is 10.1. The summed E-state index contributed by atoms with van der Waals surface area (Å²) in [5.41, 5.74) is 3.83. The maximum Gasteiger partial charge on any atom is 0.156 e. The van der Waals surface area contributed by atoms with E-state index >= 15 is 0 Å². The molecule has 0 fully saturated rings. The molecule has 0 spiro atoms. The van der Waals surface area contributed by atoms with Crippen LogP contribution in [0.2, 0.25) is 0 Å². The Morgan fingerprint density at radius 3 is 2.52 bits per heavy atom. The first-order valence-electron chi connectivity index (χ1n) is 7.40. The Bertz CT molecular complexity index is 867. The lowest BCUT2D eigenvalue weighted by Crippen LogP contribution is -2.00. The van der Waals surface area contributed by atoms with Crippen LogP contribution in [0.4, 0.5) is 0 Å². The maximum absolute atomic E-state index is 9.60. The fourth-order valence-electron chi connectivity index (χ4n) is 2.56. The van der Waals surface area contributed by atoms with E-state index < -0.39 is 0 Å². The highest BCUT2D eigenvalue weighted by atomic mass is 16.5. The smallest absolute Gasteiger partial charge is 0.156 e. The van der Waals surface area contributed by atoms with Crippen molar-refractivity contribution in [3.05, 3.63) is 53.4 Å². The highest BCUT2D eigenvalue weighted by Gasteiger charge is 2.22. The van der Waals surface area contributed by atoms with Crippen LogP contribution in [-0.4, -0.2) is 16.9 Å². The van der Waals surface area contributed by atoms with Crippen molar-refractivity contribution in [1.29, 1.82) is 5.26 Å². The molecule has 0 aliphatic heterocycles. The van der Waals surface area contributed by atoms with Gasteiger partial charge in [-0.3, -0.25) is 0 Å². The van der Waals surface area contributed by atoms with Crippen molar-refractivity contribution in [2.45, 2.75) is 20.3 Å². The topological polar surface area (TPSA) is 64.0 Å². The number of benzene rings is 1. The number of nitrogens with zero attached hydrogens (tertiary/aromatic N) is 3. The van der Waals surface area contributed by atoms with Crippen molar-refractivity contribution in [2.75, 3.05) is 7.11 Å². The molecule has 0 amide bonds. The summed E-state index contributed by atoms with van der Waals surface area (Å²) in [6.07, 6.45) is 2.31. The number of ether oxygens (including phenoxy) is 1. The lowest BCUT2D eigenvalue weighted by molar-refractivity contribution is 0.414. The van der Waals surface area contributed by atoms with E-state index in [1.807, 2.05) is 44.2 Å². The van der Waals surface area contributed by atoms with E-state index in [4.69, 9.17) is 9.15 Å². The molecule has 1 aromatic carbocycles. The molecule has 0 aliphatic rings. The number of methoxy groups -OCH3 is 1. The average Bonchev–Trinajstić information content (AvgIpc) is 3.17. The van der Waals surface area contributed by atoms with Gasteiger partial charge in [0, 0.05) is 0 Å². The summed E-state index contributed by atoms with van der Waals surface area (Å²) in [7, 11) is 1.63. The summed E-state index contributed by atoms with van der Waals surface area (Å²) >= 11 is 0. The number of aryl methyl sites for hydroxylation is 2. The normalized spacial score (nSPS) is 10.5. The average molecular weight is 307 g/mol. The Morgan fingerprint density at radius 1 is 1.26 bits per heavy atom. The molecule has 5 heteroatoms. The minimum absolute atomic E-state index is 0.557. The summed E-state index contributed by atoms with van der Waals surface area (Å²) in [5.74, 6) is 1.44. The van der Waals surface area contributed by atoms with Crippen LogP contribution >= 0.6 is 0 Å². The van der Waals surface area contributed by atoms with Crippen LogP contribution in [0.5, 0.6) is 5.75 Å². The molecule has 0 bridgehead atoms. The maximum atomic E-state index is 9.60. The van der Waals surface area contributed by atoms with E-state index in [0.717, 1.165) is 22.7 Å². The molecular weight excluding hydrogens is 290 g/mol. The third-order valence-electron chi connectivity index (χ3n) is 3.80. The molecule has 5 nitrogen and oxygen atoms in total. The number of aromatic nitrogens is 2. The fourth-order valence-corrected chi connectivity index (χ4v) is 2.56. The Labute approximate surface area is 134 Å². The zero-order chi connectivity index (χ0) is 16.4. The van der Waals surface area contributed by atoms with Crippen LogP contribution in [0.25, 0.3) is 17.1 Å². The van der Waals surface area contributed by atoms with Crippen molar-refractivity contribution in [1.82, 2.24) is 9.78 Å². The molecule has 0 saturated carbocycles. The number of nitriles is 1. The largest absolute Gasteiger partial charge is 0.497 e. The highest BCUT2D eigenvalue weighted by Crippen LogP contribution is 2.32. The minimum Gasteiger partial charge on any atom is -0.497 e. The third kappa shape index (κ3) is 2.49. The minimum atomic E-state index is 0.557. The van der Waals surface area contributed by atoms with Gasteiger partial charge in [-0.1, -0.05) is 6.92 Å². The SMILES string of the molecule is CCc1nn(-c2ccc(OC)cc2)c(-c2occc2C)c1C#N. The zero-order valence-corrected chi connectivity index (χ0v) is 13.3. The summed E-state index contributed by atoms with van der Waals surface area (Å²) in [4.78, 5) is 0. The van der Waals surface area contributed by atoms with Crippen LogP contribution < -0.4 is 4.74 Å². The van der Waals surface area contributed by atoms with E-state index in [1.165, 1.54) is 0 Å². The molecule has 23 heavy (non-hydrogen) atoms. The van der Waals surface area contributed by atoms with Gasteiger partial charge in [0.15, 0.2) is 5.76 Å². The van der Waals surface area contributed by atoms with Crippen molar-refractivity contribution in [3.8, 4) is 29.0 Å². The van der Waals surface area contributed by atoms with Gasteiger partial charge >= 0.3 is 0 Å². The van der Waals surface area contributed by atoms with Crippen LogP contribution in [0.15, 0.2) is 41.0 Å². The van der Waals surface area contributed by atoms with Gasteiger partial charge < -0.3 is 9.15 Å². The van der Waals surface area contributed by atoms with E-state index in [1.54, 1.807) is 18.1 Å². The first-order valence-corrected chi connectivity index (χ1v) is 7.40. The number of hydrogen-bond donors (Lipinski definition) is 0. The second-order valence-corrected chi connectivity index (χ2v) is 5.18. The Morgan fingerprint density at radius 2 is 2.00 bits per heavy atom. The Kier molecular flexibility index (Phi) is 3.90. The first-order chi connectivity index (χ1) is 11.2. The van der Waals surface area contributed by atoms with Crippen LogP contribution in [-0.2, 0) is 6.42 Å². The van der Waals surface area contributed by atoms with Gasteiger partial charge in [-0.2, -0.15) is 10.4 Å². The summed E-state index contributed by atoms with van der Waals surface area (Å²) in [6, 6.07) is 11.7. The van der Waals surface area contributed by atoms with Crippen molar-refractivity contribution < 1.29 is 9.15 Å². The van der Waals surface area contributed by atoms with E-state index in [0.29, 0.717) is 23.4 Å². The van der Waals surface area contributed by atoms with Crippen LogP contribution in [0.1, 0.15) is 23.7 Å². The predicted octanol–water partition coefficient (Wildman–Crippen LogP) is 3.88. The fraction of sp³-hybridized carbons (Fsp3) is 0.222. The number of furan rings is 1. The Hall–Kier alpha value is -3.00. The quantitative estimate of drug-likeness (QED) is 0.733. The molecule has 0 atom stereocenters. The van der Waals surface area contributed by atoms with Crippen LogP contribution in [0, 0.1) is 18.3 Å². The second-order valence-electron chi connectivity index (χ2n) is 5.18. The summed E-state index contributed by atoms with van der Waals surface area (Å²) in [5, 5.41) is 14.2. The van der Waals surface area contributed by atoms with E-state index in [9.17, 15) is 5.26 Å². The predicted molar refractivity (Wildman–Crippen MR) is 86.6 cm³/mol. The molecule has 0 unspecified atom stereocenters. The van der Waals surface area contributed by atoms with Gasteiger partial charge in [0.1, 0.15) is 23.1 Å². The molecule has 0 saturated heterocycles. The third-order valence-corrected chi connectivity index (χ3v) is 3.80. The van der Waals surface area contributed by atoms with Gasteiger partial charge in [0.05, 0.1) is 24.8 Å². The Balaban J connectivity index is 2.25. The molecule has 2 aromatic heterocycles. The lowest BCUT2D eigenvalue weighted by Gasteiger charge is -2.08. The van der Waals surface area contributed by atoms with Gasteiger partial charge in [0.2, 0.25) is 0 Å². The van der Waals surface area contributed by atoms with Crippen LogP contribution in [0.3, 0.4) is 0 Å². The van der Waals surface area contributed by atoms with Crippen molar-refractivity contribution in [2.24, 2.45) is 0 Å². The molecule has 2 heterocycles. The molecule has 3 rings (SSSR count). The van der Waals surface area contributed by atoms with Gasteiger partial charge in [0.25, 0.3) is 0 Å². The second kappa shape index (κ2) is 6.01. The highest BCUT2D eigenvalue weighted by molar-refractivity contribution is 5.69. The van der Waals surface area contributed by atoms with Crippen molar-refractivity contribution >= 4 is 0 Å². The van der Waals surface area contributed by atoms with Gasteiger partial charge in [-0.05, 0) is 49.2 Å². The summed E-state index contributed by atoms with van der Waals surface area (Å²) < 4.78 is 12.6. The first kappa shape index (κ1) is 14.9. The molecule has 3 aromatic rings. The molecule has 116 valence electrons. The number of hydrogen-bond acceptors (Lipinski definition) is 4. The van der Waals surface area contributed by atoms with E-state index in [2.05, 4.69) is 11.2 Å². The molecule has 0 radical (unpaired) electrons. The van der Waals surface area contributed by atoms with Gasteiger partial charge in [-0.15, -0.1) is 0 Å². The van der Waals surface area contributed by atoms with Crippen molar-refractivity contribution in [3.63, 3.8) is 0 Å². The monoisotopic (exact) mass is 307 g/mol. The van der Waals surface area contributed by atoms with E-state index in [-0.39, 0.29) is 0 Å². The molecule has 0 N–H and O–H groups in total. The number of rotatable bonds is 4. The standard InChI is InChI=1S/C18H17N3O2/c1-4-16-15(11-19)17(18-12(2)9-10-23-18)21(20-16)13-5-7-14(22-3)8-6-13/h5-10H,4H2,1-3H3. The zero-order valence-electron chi connectivity index (χ0n) is 13.3. The van der Waals surface area contributed by atoms with Gasteiger partial charge in [-0.25, -0.2) is 4.68 Å².